The maximum absolute atomic E-state index is 11.7. The van der Waals surface area contributed by atoms with Crippen molar-refractivity contribution in [2.24, 2.45) is 11.7 Å². The van der Waals surface area contributed by atoms with Crippen molar-refractivity contribution >= 4 is 5.91 Å². The zero-order valence-electron chi connectivity index (χ0n) is 12.4. The van der Waals surface area contributed by atoms with E-state index in [1.165, 1.54) is 0 Å². The average molecular weight is 283 g/mol. The van der Waals surface area contributed by atoms with Crippen molar-refractivity contribution in [1.82, 2.24) is 20.9 Å². The molecule has 0 aromatic carbocycles. The first-order valence-corrected chi connectivity index (χ1v) is 7.50. The second-order valence-electron chi connectivity index (χ2n) is 5.08. The Bertz CT molecular complexity index is 285. The summed E-state index contributed by atoms with van der Waals surface area (Å²) in [5.41, 5.74) is 5.38. The SMILES string of the molecule is C=CC1CC(=O)N(CCNCCNCCNCCN)C1. The summed E-state index contributed by atoms with van der Waals surface area (Å²) in [7, 11) is 0. The molecule has 116 valence electrons. The number of amides is 1. The first-order chi connectivity index (χ1) is 9.77. The van der Waals surface area contributed by atoms with Gasteiger partial charge in [-0.15, -0.1) is 6.58 Å². The molecule has 1 atom stereocenters. The highest BCUT2D eigenvalue weighted by atomic mass is 16.2. The Morgan fingerprint density at radius 3 is 2.30 bits per heavy atom. The Kier molecular flexibility index (Phi) is 9.23. The van der Waals surface area contributed by atoms with Crippen LogP contribution in [0.4, 0.5) is 0 Å². The smallest absolute Gasteiger partial charge is 0.223 e. The lowest BCUT2D eigenvalue weighted by Gasteiger charge is -2.16. The molecule has 1 aliphatic rings. The minimum absolute atomic E-state index is 0.251. The van der Waals surface area contributed by atoms with Gasteiger partial charge in [-0.1, -0.05) is 6.08 Å². The summed E-state index contributed by atoms with van der Waals surface area (Å²) in [5, 5.41) is 9.91. The molecule has 0 aliphatic carbocycles. The highest BCUT2D eigenvalue weighted by Crippen LogP contribution is 2.17. The van der Waals surface area contributed by atoms with E-state index in [9.17, 15) is 4.79 Å². The molecule has 0 bridgehead atoms. The molecule has 0 aromatic heterocycles. The third kappa shape index (κ3) is 7.00. The van der Waals surface area contributed by atoms with Gasteiger partial charge < -0.3 is 26.6 Å². The van der Waals surface area contributed by atoms with Gasteiger partial charge >= 0.3 is 0 Å². The molecule has 6 heteroatoms. The third-order valence-corrected chi connectivity index (χ3v) is 3.41. The van der Waals surface area contributed by atoms with Crippen molar-refractivity contribution in [3.05, 3.63) is 12.7 Å². The van der Waals surface area contributed by atoms with E-state index in [1.54, 1.807) is 0 Å². The predicted octanol–water partition coefficient (Wildman–Crippen LogP) is -1.25. The molecule has 1 fully saturated rings. The highest BCUT2D eigenvalue weighted by Gasteiger charge is 2.26. The van der Waals surface area contributed by atoms with Gasteiger partial charge in [0, 0.05) is 71.2 Å². The fourth-order valence-electron chi connectivity index (χ4n) is 2.22. The Balaban J connectivity index is 1.87. The van der Waals surface area contributed by atoms with Crippen molar-refractivity contribution in [3.8, 4) is 0 Å². The van der Waals surface area contributed by atoms with E-state index in [0.29, 0.717) is 18.9 Å². The van der Waals surface area contributed by atoms with E-state index in [0.717, 1.165) is 52.4 Å². The first kappa shape index (κ1) is 17.1. The molecular weight excluding hydrogens is 254 g/mol. The van der Waals surface area contributed by atoms with Gasteiger partial charge in [0.15, 0.2) is 0 Å². The Labute approximate surface area is 122 Å². The van der Waals surface area contributed by atoms with Crippen LogP contribution in [0.3, 0.4) is 0 Å². The van der Waals surface area contributed by atoms with Crippen LogP contribution < -0.4 is 21.7 Å². The molecule has 1 saturated heterocycles. The van der Waals surface area contributed by atoms with E-state index >= 15 is 0 Å². The minimum Gasteiger partial charge on any atom is -0.341 e. The third-order valence-electron chi connectivity index (χ3n) is 3.41. The Morgan fingerprint density at radius 2 is 1.75 bits per heavy atom. The molecule has 1 aliphatic heterocycles. The first-order valence-electron chi connectivity index (χ1n) is 7.50. The van der Waals surface area contributed by atoms with Crippen LogP contribution in [0.1, 0.15) is 6.42 Å². The molecule has 5 N–H and O–H groups in total. The average Bonchev–Trinajstić information content (AvgIpc) is 2.81. The van der Waals surface area contributed by atoms with Gasteiger partial charge in [-0.05, 0) is 0 Å². The van der Waals surface area contributed by atoms with Crippen LogP contribution in [0, 0.1) is 5.92 Å². The van der Waals surface area contributed by atoms with Crippen LogP contribution in [-0.4, -0.2) is 69.7 Å². The van der Waals surface area contributed by atoms with E-state index in [1.807, 2.05) is 11.0 Å². The fourth-order valence-corrected chi connectivity index (χ4v) is 2.22. The van der Waals surface area contributed by atoms with Gasteiger partial charge in [0.25, 0.3) is 0 Å². The summed E-state index contributed by atoms with van der Waals surface area (Å²) in [4.78, 5) is 13.6. The van der Waals surface area contributed by atoms with Crippen LogP contribution in [0.15, 0.2) is 12.7 Å². The summed E-state index contributed by atoms with van der Waals surface area (Å²) < 4.78 is 0. The number of nitrogens with two attached hydrogens (primary N) is 1. The summed E-state index contributed by atoms with van der Waals surface area (Å²) in [6.07, 6.45) is 2.51. The number of hydrogen-bond acceptors (Lipinski definition) is 5. The van der Waals surface area contributed by atoms with Crippen molar-refractivity contribution in [3.63, 3.8) is 0 Å². The lowest BCUT2D eigenvalue weighted by Crippen LogP contribution is -2.37. The summed E-state index contributed by atoms with van der Waals surface area (Å²) in [6, 6.07) is 0. The topological polar surface area (TPSA) is 82.4 Å². The molecule has 0 aromatic rings. The van der Waals surface area contributed by atoms with E-state index in [2.05, 4.69) is 22.5 Å². The lowest BCUT2D eigenvalue weighted by atomic mass is 10.1. The van der Waals surface area contributed by atoms with Gasteiger partial charge in [0.05, 0.1) is 0 Å². The van der Waals surface area contributed by atoms with Gasteiger partial charge in [-0.25, -0.2) is 0 Å². The van der Waals surface area contributed by atoms with E-state index in [-0.39, 0.29) is 5.91 Å². The van der Waals surface area contributed by atoms with Crippen LogP contribution in [-0.2, 0) is 4.79 Å². The standard InChI is InChI=1S/C14H29N5O/c1-2-13-11-14(20)19(12-13)10-9-18-8-7-17-6-5-16-4-3-15/h2,13,16-18H,1,3-12,15H2. The van der Waals surface area contributed by atoms with E-state index in [4.69, 9.17) is 5.73 Å². The second-order valence-corrected chi connectivity index (χ2v) is 5.08. The second kappa shape index (κ2) is 10.8. The molecule has 0 saturated carbocycles. The monoisotopic (exact) mass is 283 g/mol. The molecule has 1 heterocycles. The van der Waals surface area contributed by atoms with Crippen molar-refractivity contribution < 1.29 is 4.79 Å². The van der Waals surface area contributed by atoms with Crippen molar-refractivity contribution in [1.29, 1.82) is 0 Å². The number of likely N-dealkylation sites (tertiary alicyclic amines) is 1. The minimum atomic E-state index is 0.251. The van der Waals surface area contributed by atoms with Gasteiger partial charge in [-0.3, -0.25) is 4.79 Å². The zero-order valence-corrected chi connectivity index (χ0v) is 12.4. The number of nitrogens with one attached hydrogen (secondary N) is 3. The maximum Gasteiger partial charge on any atom is 0.223 e. The van der Waals surface area contributed by atoms with Gasteiger partial charge in [-0.2, -0.15) is 0 Å². The molecule has 0 radical (unpaired) electrons. The van der Waals surface area contributed by atoms with Crippen molar-refractivity contribution in [2.75, 3.05) is 58.9 Å². The Hall–Kier alpha value is -0.950. The number of carbonyl (C=O) groups excluding carboxylic acids is 1. The number of rotatable bonds is 12. The predicted molar refractivity (Wildman–Crippen MR) is 82.5 cm³/mol. The fraction of sp³-hybridized carbons (Fsp3) is 0.786. The Morgan fingerprint density at radius 1 is 1.15 bits per heavy atom. The number of carbonyl (C=O) groups is 1. The maximum atomic E-state index is 11.7. The van der Waals surface area contributed by atoms with Crippen molar-refractivity contribution in [2.45, 2.75) is 6.42 Å². The largest absolute Gasteiger partial charge is 0.341 e. The molecular formula is C14H29N5O. The van der Waals surface area contributed by atoms with Gasteiger partial charge in [0.2, 0.25) is 5.91 Å². The molecule has 20 heavy (non-hydrogen) atoms. The van der Waals surface area contributed by atoms with Crippen LogP contribution >= 0.6 is 0 Å². The lowest BCUT2D eigenvalue weighted by molar-refractivity contribution is -0.127. The van der Waals surface area contributed by atoms with Crippen LogP contribution in [0.5, 0.6) is 0 Å². The zero-order chi connectivity index (χ0) is 14.6. The molecule has 1 unspecified atom stereocenters. The summed E-state index contributed by atoms with van der Waals surface area (Å²) in [5.74, 6) is 0.589. The van der Waals surface area contributed by atoms with Crippen LogP contribution in [0.25, 0.3) is 0 Å². The quantitative estimate of drug-likeness (QED) is 0.266. The molecule has 1 rings (SSSR count). The normalized spacial score (nSPS) is 18.8. The number of hydrogen-bond donors (Lipinski definition) is 4. The highest BCUT2D eigenvalue weighted by molar-refractivity contribution is 5.78. The van der Waals surface area contributed by atoms with Gasteiger partial charge in [0.1, 0.15) is 0 Å². The molecule has 1 amide bonds. The molecule has 0 spiro atoms. The van der Waals surface area contributed by atoms with Crippen LogP contribution in [0.2, 0.25) is 0 Å². The van der Waals surface area contributed by atoms with E-state index < -0.39 is 0 Å². The number of nitrogens with zero attached hydrogens (tertiary/aromatic N) is 1. The summed E-state index contributed by atoms with van der Waals surface area (Å²) >= 11 is 0. The molecule has 6 nitrogen and oxygen atoms in total. The summed E-state index contributed by atoms with van der Waals surface area (Å²) in [6.45, 7) is 11.5.